The first kappa shape index (κ1) is 21.1. The lowest BCUT2D eigenvalue weighted by Crippen LogP contribution is -2.33. The lowest BCUT2D eigenvalue weighted by molar-refractivity contribution is 0.415. The number of hydrogen-bond donors (Lipinski definition) is 0. The van der Waals surface area contributed by atoms with Crippen molar-refractivity contribution in [2.24, 2.45) is 5.92 Å². The SMILES string of the molecule is COc1cc(C)cc(C)c1-c1cccc2c(N(CC3CC3)C3CCCS3)c(SC)nn12. The van der Waals surface area contributed by atoms with Crippen LogP contribution in [0, 0.1) is 19.8 Å². The van der Waals surface area contributed by atoms with E-state index in [9.17, 15) is 0 Å². The van der Waals surface area contributed by atoms with Crippen LogP contribution in [0.15, 0.2) is 35.4 Å². The van der Waals surface area contributed by atoms with E-state index >= 15 is 0 Å². The Morgan fingerprint density at radius 1 is 1.23 bits per heavy atom. The van der Waals surface area contributed by atoms with Crippen molar-refractivity contribution in [1.29, 1.82) is 0 Å². The number of aryl methyl sites for hydroxylation is 2. The number of benzene rings is 1. The predicted molar refractivity (Wildman–Crippen MR) is 134 cm³/mol. The topological polar surface area (TPSA) is 29.8 Å². The van der Waals surface area contributed by atoms with E-state index in [1.807, 2.05) is 0 Å². The molecule has 1 saturated carbocycles. The maximum Gasteiger partial charge on any atom is 0.142 e. The molecule has 1 aromatic carbocycles. The Morgan fingerprint density at radius 3 is 2.74 bits per heavy atom. The van der Waals surface area contributed by atoms with Crippen LogP contribution in [0.25, 0.3) is 16.8 Å². The van der Waals surface area contributed by atoms with Crippen molar-refractivity contribution in [1.82, 2.24) is 9.61 Å². The highest BCUT2D eigenvalue weighted by molar-refractivity contribution is 8.00. The standard InChI is InChI=1S/C25H31N3OS2/c1-16-13-17(2)23(21(14-16)29-3)19-7-5-8-20-24(25(30-4)26-28(19)20)27(15-18-10-11-18)22-9-6-12-31-22/h5,7-8,13-14,18,22H,6,9-12,15H2,1-4H3. The largest absolute Gasteiger partial charge is 0.496 e. The molecule has 3 heterocycles. The molecule has 2 fully saturated rings. The van der Waals surface area contributed by atoms with Gasteiger partial charge < -0.3 is 9.64 Å². The van der Waals surface area contributed by atoms with Gasteiger partial charge in [0.05, 0.1) is 29.4 Å². The van der Waals surface area contributed by atoms with Gasteiger partial charge in [-0.1, -0.05) is 12.1 Å². The summed E-state index contributed by atoms with van der Waals surface area (Å²) in [5.74, 6) is 3.02. The summed E-state index contributed by atoms with van der Waals surface area (Å²) in [5.41, 5.74) is 7.18. The molecule has 0 bridgehead atoms. The minimum atomic E-state index is 0.568. The molecule has 1 atom stereocenters. The number of pyridine rings is 1. The Balaban J connectivity index is 1.70. The van der Waals surface area contributed by atoms with Gasteiger partial charge >= 0.3 is 0 Å². The van der Waals surface area contributed by atoms with Gasteiger partial charge in [-0.05, 0) is 86.8 Å². The Morgan fingerprint density at radius 2 is 2.06 bits per heavy atom. The Labute approximate surface area is 193 Å². The van der Waals surface area contributed by atoms with Gasteiger partial charge in [0, 0.05) is 12.1 Å². The maximum atomic E-state index is 5.80. The van der Waals surface area contributed by atoms with E-state index in [2.05, 4.69) is 71.6 Å². The van der Waals surface area contributed by atoms with Crippen molar-refractivity contribution in [2.75, 3.05) is 30.6 Å². The molecule has 3 aromatic rings. The van der Waals surface area contributed by atoms with Crippen LogP contribution >= 0.6 is 23.5 Å². The average molecular weight is 454 g/mol. The van der Waals surface area contributed by atoms with E-state index < -0.39 is 0 Å². The monoisotopic (exact) mass is 453 g/mol. The zero-order valence-corrected chi connectivity index (χ0v) is 20.5. The summed E-state index contributed by atoms with van der Waals surface area (Å²) in [5, 5.41) is 6.84. The zero-order valence-electron chi connectivity index (χ0n) is 18.9. The summed E-state index contributed by atoms with van der Waals surface area (Å²) < 4.78 is 7.96. The molecule has 4 nitrogen and oxygen atoms in total. The van der Waals surface area contributed by atoms with E-state index in [1.54, 1.807) is 18.9 Å². The number of rotatable bonds is 7. The highest BCUT2D eigenvalue weighted by atomic mass is 32.2. The van der Waals surface area contributed by atoms with Crippen molar-refractivity contribution >= 4 is 34.7 Å². The number of anilines is 1. The molecule has 0 spiro atoms. The molecule has 5 rings (SSSR count). The number of ether oxygens (including phenoxy) is 1. The van der Waals surface area contributed by atoms with Gasteiger partial charge in [-0.2, -0.15) is 5.10 Å². The summed E-state index contributed by atoms with van der Waals surface area (Å²) in [6.45, 7) is 5.44. The molecule has 1 unspecified atom stereocenters. The number of fused-ring (bicyclic) bond motifs is 1. The molecule has 0 amide bonds. The molecule has 2 aromatic heterocycles. The van der Waals surface area contributed by atoms with Gasteiger partial charge in [-0.25, -0.2) is 4.52 Å². The van der Waals surface area contributed by atoms with E-state index in [0.717, 1.165) is 34.5 Å². The van der Waals surface area contributed by atoms with Crippen molar-refractivity contribution in [3.8, 4) is 17.0 Å². The van der Waals surface area contributed by atoms with Gasteiger partial charge in [0.25, 0.3) is 0 Å². The van der Waals surface area contributed by atoms with E-state index in [1.165, 1.54) is 53.8 Å². The van der Waals surface area contributed by atoms with Crippen LogP contribution in [0.1, 0.15) is 36.8 Å². The maximum absolute atomic E-state index is 5.80. The Hall–Kier alpha value is -1.79. The molecule has 31 heavy (non-hydrogen) atoms. The minimum absolute atomic E-state index is 0.568. The van der Waals surface area contributed by atoms with Crippen LogP contribution in [-0.2, 0) is 0 Å². The number of methoxy groups -OCH3 is 1. The predicted octanol–water partition coefficient (Wildman–Crippen LogP) is 6.42. The smallest absolute Gasteiger partial charge is 0.142 e. The average Bonchev–Trinajstić information content (AvgIpc) is 3.27. The molecule has 0 radical (unpaired) electrons. The molecular formula is C25H31N3OS2. The van der Waals surface area contributed by atoms with Gasteiger partial charge in [-0.15, -0.1) is 23.5 Å². The third kappa shape index (κ3) is 3.93. The lowest BCUT2D eigenvalue weighted by Gasteiger charge is -2.30. The molecule has 1 saturated heterocycles. The number of thioether (sulfide) groups is 2. The molecule has 164 valence electrons. The van der Waals surface area contributed by atoms with Gasteiger partial charge in [0.15, 0.2) is 0 Å². The first-order chi connectivity index (χ1) is 15.1. The van der Waals surface area contributed by atoms with Crippen LogP contribution in [0.5, 0.6) is 5.75 Å². The molecular weight excluding hydrogens is 422 g/mol. The second-order valence-corrected chi connectivity index (χ2v) is 10.9. The molecule has 6 heteroatoms. The number of hydrogen-bond acceptors (Lipinski definition) is 5. The Kier molecular flexibility index (Phi) is 5.86. The summed E-state index contributed by atoms with van der Waals surface area (Å²) in [6, 6.07) is 10.9. The fraction of sp³-hybridized carbons (Fsp3) is 0.480. The van der Waals surface area contributed by atoms with Crippen LogP contribution in [0.3, 0.4) is 0 Å². The number of nitrogens with zero attached hydrogens (tertiary/aromatic N) is 3. The third-order valence-electron chi connectivity index (χ3n) is 6.41. The van der Waals surface area contributed by atoms with Crippen molar-refractivity contribution in [2.45, 2.75) is 49.9 Å². The van der Waals surface area contributed by atoms with E-state index in [-0.39, 0.29) is 0 Å². The van der Waals surface area contributed by atoms with Crippen LogP contribution < -0.4 is 9.64 Å². The van der Waals surface area contributed by atoms with Crippen molar-refractivity contribution in [3.05, 3.63) is 41.5 Å². The van der Waals surface area contributed by atoms with Crippen LogP contribution in [0.2, 0.25) is 0 Å². The normalized spacial score (nSPS) is 18.6. The minimum Gasteiger partial charge on any atom is -0.496 e. The summed E-state index contributed by atoms with van der Waals surface area (Å²) in [4.78, 5) is 2.69. The number of aromatic nitrogens is 2. The van der Waals surface area contributed by atoms with Gasteiger partial charge in [-0.3, -0.25) is 0 Å². The van der Waals surface area contributed by atoms with Gasteiger partial charge in [0.1, 0.15) is 10.8 Å². The van der Waals surface area contributed by atoms with E-state index in [4.69, 9.17) is 9.84 Å². The zero-order chi connectivity index (χ0) is 21.5. The highest BCUT2D eigenvalue weighted by Gasteiger charge is 2.33. The summed E-state index contributed by atoms with van der Waals surface area (Å²) in [6.07, 6.45) is 7.47. The second kappa shape index (κ2) is 8.62. The molecule has 2 aliphatic rings. The van der Waals surface area contributed by atoms with Crippen molar-refractivity contribution < 1.29 is 4.74 Å². The Bertz CT molecular complexity index is 1100. The quantitative estimate of drug-likeness (QED) is 0.385. The fourth-order valence-electron chi connectivity index (χ4n) is 4.79. The third-order valence-corrected chi connectivity index (χ3v) is 8.47. The first-order valence-corrected chi connectivity index (χ1v) is 13.5. The summed E-state index contributed by atoms with van der Waals surface area (Å²) in [7, 11) is 1.76. The molecule has 0 N–H and O–H groups in total. The summed E-state index contributed by atoms with van der Waals surface area (Å²) >= 11 is 3.88. The van der Waals surface area contributed by atoms with Crippen LogP contribution in [0.4, 0.5) is 5.69 Å². The first-order valence-electron chi connectivity index (χ1n) is 11.2. The van der Waals surface area contributed by atoms with Crippen molar-refractivity contribution in [3.63, 3.8) is 0 Å². The lowest BCUT2D eigenvalue weighted by atomic mass is 10.0. The molecule has 1 aliphatic heterocycles. The second-order valence-electron chi connectivity index (χ2n) is 8.79. The fourth-order valence-corrected chi connectivity index (χ4v) is 6.68. The van der Waals surface area contributed by atoms with Gasteiger partial charge in [0.2, 0.25) is 0 Å². The van der Waals surface area contributed by atoms with Crippen LogP contribution in [-0.4, -0.2) is 40.7 Å². The molecule has 1 aliphatic carbocycles. The highest BCUT2D eigenvalue weighted by Crippen LogP contribution is 2.44. The van der Waals surface area contributed by atoms with E-state index in [0.29, 0.717) is 5.37 Å².